The average Bonchev–Trinajstić information content (AvgIpc) is 2.95. The third-order valence-electron chi connectivity index (χ3n) is 2.89. The van der Waals surface area contributed by atoms with Crippen molar-refractivity contribution in [3.63, 3.8) is 0 Å². The van der Waals surface area contributed by atoms with Gasteiger partial charge in [0.15, 0.2) is 0 Å². The van der Waals surface area contributed by atoms with E-state index in [0.717, 1.165) is 10.7 Å². The maximum atomic E-state index is 13.1. The minimum atomic E-state index is -0.767. The molecule has 0 aliphatic carbocycles. The van der Waals surface area contributed by atoms with E-state index in [0.29, 0.717) is 23.2 Å². The topological polar surface area (TPSA) is 46.3 Å². The van der Waals surface area contributed by atoms with Gasteiger partial charge in [-0.25, -0.2) is 9.37 Å². The van der Waals surface area contributed by atoms with Gasteiger partial charge >= 0.3 is 0 Å². The Kier molecular flexibility index (Phi) is 3.08. The second kappa shape index (κ2) is 4.75. The largest absolute Gasteiger partial charge is 0.458 e. The Bertz CT molecular complexity index is 719. The maximum Gasteiger partial charge on any atom is 0.134 e. The zero-order valence-electron chi connectivity index (χ0n) is 10.3. The fourth-order valence-corrected chi connectivity index (χ4v) is 2.63. The van der Waals surface area contributed by atoms with Crippen LogP contribution in [-0.2, 0) is 6.42 Å². The molecular formula is C14H12FNO2S. The molecule has 1 unspecified atom stereocenters. The lowest BCUT2D eigenvalue weighted by Gasteiger charge is -2.04. The quantitative estimate of drug-likeness (QED) is 0.795. The number of halogens is 1. The van der Waals surface area contributed by atoms with Crippen LogP contribution >= 0.6 is 11.3 Å². The molecule has 0 radical (unpaired) electrons. The summed E-state index contributed by atoms with van der Waals surface area (Å²) in [6, 6.07) is 5.96. The number of thiazole rings is 1. The van der Waals surface area contributed by atoms with Crippen molar-refractivity contribution < 1.29 is 13.9 Å². The lowest BCUT2D eigenvalue weighted by Crippen LogP contribution is -2.00. The number of furan rings is 1. The van der Waals surface area contributed by atoms with Crippen molar-refractivity contribution in [2.24, 2.45) is 0 Å². The van der Waals surface area contributed by atoms with E-state index in [9.17, 15) is 9.50 Å². The van der Waals surface area contributed by atoms with Gasteiger partial charge in [-0.2, -0.15) is 0 Å². The minimum Gasteiger partial charge on any atom is -0.458 e. The van der Waals surface area contributed by atoms with Gasteiger partial charge < -0.3 is 9.52 Å². The third kappa shape index (κ3) is 2.52. The van der Waals surface area contributed by atoms with E-state index < -0.39 is 6.10 Å². The molecule has 19 heavy (non-hydrogen) atoms. The summed E-state index contributed by atoms with van der Waals surface area (Å²) >= 11 is 1.55. The van der Waals surface area contributed by atoms with Gasteiger partial charge in [-0.15, -0.1) is 11.3 Å². The van der Waals surface area contributed by atoms with Crippen molar-refractivity contribution in [3.8, 4) is 0 Å². The molecule has 3 nitrogen and oxygen atoms in total. The van der Waals surface area contributed by atoms with Crippen LogP contribution in [0, 0.1) is 12.7 Å². The molecule has 1 N–H and O–H groups in total. The first kappa shape index (κ1) is 12.3. The number of hydrogen-bond donors (Lipinski definition) is 1. The molecule has 5 heteroatoms. The zero-order valence-corrected chi connectivity index (χ0v) is 11.1. The van der Waals surface area contributed by atoms with Gasteiger partial charge in [0.05, 0.1) is 10.7 Å². The van der Waals surface area contributed by atoms with Gasteiger partial charge in [-0.3, -0.25) is 0 Å². The molecule has 98 valence electrons. The molecule has 0 aliphatic heterocycles. The van der Waals surface area contributed by atoms with Gasteiger partial charge in [0.1, 0.15) is 23.3 Å². The molecule has 0 saturated heterocycles. The Labute approximate surface area is 113 Å². The predicted molar refractivity (Wildman–Crippen MR) is 71.7 cm³/mol. The molecule has 2 heterocycles. The van der Waals surface area contributed by atoms with Crippen LogP contribution in [0.2, 0.25) is 0 Å². The molecule has 3 rings (SSSR count). The normalized spacial score (nSPS) is 13.0. The Morgan fingerprint density at radius 2 is 2.26 bits per heavy atom. The number of aryl methyl sites for hydroxylation is 1. The summed E-state index contributed by atoms with van der Waals surface area (Å²) in [7, 11) is 0. The van der Waals surface area contributed by atoms with Crippen LogP contribution in [0.25, 0.3) is 11.0 Å². The number of aliphatic hydroxyl groups excluding tert-OH is 1. The molecule has 2 aromatic heterocycles. The summed E-state index contributed by atoms with van der Waals surface area (Å²) < 4.78 is 18.6. The first-order valence-corrected chi connectivity index (χ1v) is 6.78. The smallest absolute Gasteiger partial charge is 0.134 e. The van der Waals surface area contributed by atoms with Crippen molar-refractivity contribution in [2.75, 3.05) is 0 Å². The van der Waals surface area contributed by atoms with Crippen molar-refractivity contribution in [3.05, 3.63) is 51.9 Å². The second-order valence-electron chi connectivity index (χ2n) is 4.41. The molecule has 0 saturated carbocycles. The third-order valence-corrected chi connectivity index (χ3v) is 3.72. The molecule has 1 atom stereocenters. The summed E-state index contributed by atoms with van der Waals surface area (Å²) in [4.78, 5) is 4.30. The van der Waals surface area contributed by atoms with E-state index in [1.165, 1.54) is 12.1 Å². The van der Waals surface area contributed by atoms with E-state index in [-0.39, 0.29) is 5.82 Å². The van der Waals surface area contributed by atoms with Gasteiger partial charge in [0.25, 0.3) is 0 Å². The first-order chi connectivity index (χ1) is 9.11. The number of hydrogen-bond acceptors (Lipinski definition) is 4. The molecule has 0 aliphatic rings. The van der Waals surface area contributed by atoms with Crippen LogP contribution in [0.1, 0.15) is 22.6 Å². The van der Waals surface area contributed by atoms with Crippen LogP contribution < -0.4 is 0 Å². The summed E-state index contributed by atoms with van der Waals surface area (Å²) in [5.41, 5.74) is 1.41. The Morgan fingerprint density at radius 3 is 3.00 bits per heavy atom. The highest BCUT2D eigenvalue weighted by molar-refractivity contribution is 7.09. The van der Waals surface area contributed by atoms with Crippen LogP contribution in [0.3, 0.4) is 0 Å². The molecule has 0 amide bonds. The predicted octanol–water partition coefficient (Wildman–Crippen LogP) is 3.61. The highest BCUT2D eigenvalue weighted by atomic mass is 32.1. The number of aromatic nitrogens is 1. The number of nitrogens with zero attached hydrogens (tertiary/aromatic N) is 1. The van der Waals surface area contributed by atoms with Gasteiger partial charge in [-0.05, 0) is 31.2 Å². The monoisotopic (exact) mass is 277 g/mol. The molecule has 0 fully saturated rings. The Morgan fingerprint density at radius 1 is 1.42 bits per heavy atom. The van der Waals surface area contributed by atoms with Crippen molar-refractivity contribution in [1.82, 2.24) is 4.98 Å². The number of benzene rings is 1. The molecule has 1 aromatic carbocycles. The number of fused-ring (bicyclic) bond motifs is 1. The number of rotatable bonds is 3. The van der Waals surface area contributed by atoms with Crippen LogP contribution in [-0.4, -0.2) is 10.1 Å². The van der Waals surface area contributed by atoms with E-state index in [1.807, 2.05) is 12.3 Å². The van der Waals surface area contributed by atoms with Crippen LogP contribution in [0.4, 0.5) is 4.39 Å². The minimum absolute atomic E-state index is 0.315. The lowest BCUT2D eigenvalue weighted by molar-refractivity contribution is 0.151. The van der Waals surface area contributed by atoms with E-state index in [4.69, 9.17) is 4.42 Å². The molecule has 3 aromatic rings. The van der Waals surface area contributed by atoms with Crippen molar-refractivity contribution >= 4 is 22.3 Å². The number of aliphatic hydroxyl groups is 1. The summed E-state index contributed by atoms with van der Waals surface area (Å²) in [5.74, 6) is 0.121. The Balaban J connectivity index is 1.86. The van der Waals surface area contributed by atoms with Gasteiger partial charge in [-0.1, -0.05) is 0 Å². The van der Waals surface area contributed by atoms with Gasteiger partial charge in [0.2, 0.25) is 0 Å². The summed E-state index contributed by atoms with van der Waals surface area (Å²) in [5, 5.41) is 13.7. The molecule has 0 spiro atoms. The van der Waals surface area contributed by atoms with Crippen molar-refractivity contribution in [2.45, 2.75) is 19.4 Å². The van der Waals surface area contributed by atoms with Crippen LogP contribution in [0.15, 0.2) is 34.1 Å². The van der Waals surface area contributed by atoms with Gasteiger partial charge in [0, 0.05) is 17.2 Å². The Hall–Kier alpha value is -1.72. The van der Waals surface area contributed by atoms with E-state index >= 15 is 0 Å². The molecule has 0 bridgehead atoms. The lowest BCUT2D eigenvalue weighted by atomic mass is 10.1. The summed E-state index contributed by atoms with van der Waals surface area (Å²) in [6.45, 7) is 1.92. The first-order valence-electron chi connectivity index (χ1n) is 5.90. The fraction of sp³-hybridized carbons (Fsp3) is 0.214. The SMILES string of the molecule is Cc1nc(CC(O)c2cc3cc(F)ccc3o2)cs1. The zero-order chi connectivity index (χ0) is 13.4. The fourth-order valence-electron chi connectivity index (χ4n) is 2.00. The van der Waals surface area contributed by atoms with Crippen molar-refractivity contribution in [1.29, 1.82) is 0 Å². The van der Waals surface area contributed by atoms with Crippen LogP contribution in [0.5, 0.6) is 0 Å². The van der Waals surface area contributed by atoms with E-state index in [1.54, 1.807) is 23.5 Å². The van der Waals surface area contributed by atoms with E-state index in [2.05, 4.69) is 4.98 Å². The summed E-state index contributed by atoms with van der Waals surface area (Å²) in [6.07, 6.45) is -0.371. The average molecular weight is 277 g/mol. The standard InChI is InChI=1S/C14H12FNO2S/c1-8-16-11(7-19-8)6-12(17)14-5-9-4-10(15)2-3-13(9)18-14/h2-5,7,12,17H,6H2,1H3. The highest BCUT2D eigenvalue weighted by Gasteiger charge is 2.15. The maximum absolute atomic E-state index is 13.1. The molecular weight excluding hydrogens is 265 g/mol. The highest BCUT2D eigenvalue weighted by Crippen LogP contribution is 2.26. The second-order valence-corrected chi connectivity index (χ2v) is 5.47.